The van der Waals surface area contributed by atoms with Crippen LogP contribution in [0.15, 0.2) is 30.6 Å². The molecule has 0 radical (unpaired) electrons. The van der Waals surface area contributed by atoms with E-state index >= 15 is 0 Å². The smallest absolute Gasteiger partial charge is 0.325 e. The van der Waals surface area contributed by atoms with Gasteiger partial charge in [-0.3, -0.25) is 9.48 Å². The third-order valence-corrected chi connectivity index (χ3v) is 2.36. The fourth-order valence-electron chi connectivity index (χ4n) is 1.59. The Morgan fingerprint density at radius 1 is 1.53 bits per heavy atom. The van der Waals surface area contributed by atoms with Crippen LogP contribution in [0.4, 0.5) is 4.39 Å². The molecule has 1 N–H and O–H groups in total. The van der Waals surface area contributed by atoms with Gasteiger partial charge in [0.05, 0.1) is 6.20 Å². The number of aryl methyl sites for hydroxylation is 1. The molecule has 0 aliphatic carbocycles. The second kappa shape index (κ2) is 4.37. The third-order valence-electron chi connectivity index (χ3n) is 2.36. The van der Waals surface area contributed by atoms with E-state index in [2.05, 4.69) is 5.10 Å². The molecule has 0 aliphatic rings. The first-order chi connectivity index (χ1) is 8.06. The quantitative estimate of drug-likeness (QED) is 0.884. The van der Waals surface area contributed by atoms with Crippen LogP contribution in [0, 0.1) is 12.7 Å². The van der Waals surface area contributed by atoms with E-state index in [1.54, 1.807) is 12.1 Å². The highest BCUT2D eigenvalue weighted by molar-refractivity contribution is 5.67. The van der Waals surface area contributed by atoms with Crippen molar-refractivity contribution < 1.29 is 14.3 Å². The van der Waals surface area contributed by atoms with Gasteiger partial charge >= 0.3 is 5.97 Å². The van der Waals surface area contributed by atoms with Gasteiger partial charge in [-0.05, 0) is 19.1 Å². The molecule has 0 atom stereocenters. The minimum absolute atomic E-state index is 0.229. The van der Waals surface area contributed by atoms with Crippen LogP contribution in [-0.2, 0) is 11.3 Å². The Balaban J connectivity index is 2.36. The van der Waals surface area contributed by atoms with Gasteiger partial charge in [-0.25, -0.2) is 4.39 Å². The van der Waals surface area contributed by atoms with Crippen molar-refractivity contribution in [1.29, 1.82) is 0 Å². The van der Waals surface area contributed by atoms with E-state index in [0.717, 1.165) is 5.56 Å². The van der Waals surface area contributed by atoms with Crippen LogP contribution in [0.1, 0.15) is 5.56 Å². The molecule has 0 spiro atoms. The van der Waals surface area contributed by atoms with E-state index in [4.69, 9.17) is 5.11 Å². The number of carboxylic acid groups (broad SMARTS) is 1. The van der Waals surface area contributed by atoms with E-state index in [-0.39, 0.29) is 12.4 Å². The van der Waals surface area contributed by atoms with Crippen LogP contribution in [0.25, 0.3) is 11.1 Å². The van der Waals surface area contributed by atoms with Gasteiger partial charge in [0.25, 0.3) is 0 Å². The molecule has 1 aromatic carbocycles. The summed E-state index contributed by atoms with van der Waals surface area (Å²) in [5, 5.41) is 12.5. The second-order valence-electron chi connectivity index (χ2n) is 3.80. The number of hydrogen-bond donors (Lipinski definition) is 1. The number of halogens is 1. The molecule has 0 unspecified atom stereocenters. The molecule has 0 bridgehead atoms. The minimum atomic E-state index is -0.982. The Hall–Kier alpha value is -2.17. The maximum Gasteiger partial charge on any atom is 0.325 e. The minimum Gasteiger partial charge on any atom is -0.480 e. The van der Waals surface area contributed by atoms with E-state index in [1.165, 1.54) is 23.1 Å². The van der Waals surface area contributed by atoms with Gasteiger partial charge in [0.15, 0.2) is 0 Å². The van der Waals surface area contributed by atoms with Crippen molar-refractivity contribution in [3.8, 4) is 11.1 Å². The predicted octanol–water partition coefficient (Wildman–Crippen LogP) is 2.08. The van der Waals surface area contributed by atoms with Crippen LogP contribution < -0.4 is 0 Å². The molecule has 0 aliphatic heterocycles. The Bertz CT molecular complexity index is 563. The van der Waals surface area contributed by atoms with Gasteiger partial charge in [0.1, 0.15) is 12.4 Å². The molecule has 0 saturated heterocycles. The lowest BCUT2D eigenvalue weighted by Gasteiger charge is -2.01. The van der Waals surface area contributed by atoms with Gasteiger partial charge in [-0.1, -0.05) is 11.6 Å². The Morgan fingerprint density at radius 2 is 2.29 bits per heavy atom. The number of carboxylic acids is 1. The van der Waals surface area contributed by atoms with Gasteiger partial charge in [0.2, 0.25) is 0 Å². The fraction of sp³-hybridized carbons (Fsp3) is 0.167. The Labute approximate surface area is 97.3 Å². The summed E-state index contributed by atoms with van der Waals surface area (Å²) in [5.74, 6) is -1.32. The number of benzene rings is 1. The highest BCUT2D eigenvalue weighted by Gasteiger charge is 2.08. The van der Waals surface area contributed by atoms with E-state index in [9.17, 15) is 9.18 Å². The molecule has 1 aromatic heterocycles. The average molecular weight is 234 g/mol. The Morgan fingerprint density at radius 3 is 3.00 bits per heavy atom. The molecular weight excluding hydrogens is 223 g/mol. The number of nitrogens with zero attached hydrogens (tertiary/aromatic N) is 2. The fourth-order valence-corrected chi connectivity index (χ4v) is 1.59. The number of carbonyl (C=O) groups is 1. The molecule has 0 amide bonds. The zero-order valence-corrected chi connectivity index (χ0v) is 9.22. The van der Waals surface area contributed by atoms with Crippen molar-refractivity contribution in [3.63, 3.8) is 0 Å². The maximum atomic E-state index is 13.6. The van der Waals surface area contributed by atoms with Crippen molar-refractivity contribution in [2.75, 3.05) is 0 Å². The summed E-state index contributed by atoms with van der Waals surface area (Å²) in [6.45, 7) is 1.64. The first-order valence-electron chi connectivity index (χ1n) is 5.07. The topological polar surface area (TPSA) is 55.1 Å². The van der Waals surface area contributed by atoms with Gasteiger partial charge in [-0.15, -0.1) is 0 Å². The summed E-state index contributed by atoms with van der Waals surface area (Å²) in [7, 11) is 0. The van der Waals surface area contributed by atoms with Crippen molar-refractivity contribution in [1.82, 2.24) is 9.78 Å². The first kappa shape index (κ1) is 11.3. The molecule has 5 heteroatoms. The van der Waals surface area contributed by atoms with Crippen molar-refractivity contribution >= 4 is 5.97 Å². The summed E-state index contributed by atoms with van der Waals surface area (Å²) in [6, 6.07) is 4.77. The lowest BCUT2D eigenvalue weighted by molar-refractivity contribution is -0.137. The van der Waals surface area contributed by atoms with Crippen molar-refractivity contribution in [2.45, 2.75) is 13.5 Å². The zero-order valence-electron chi connectivity index (χ0n) is 9.22. The molecular formula is C12H11FN2O2. The van der Waals surface area contributed by atoms with Crippen LogP contribution in [0.2, 0.25) is 0 Å². The predicted molar refractivity (Wildman–Crippen MR) is 60.0 cm³/mol. The summed E-state index contributed by atoms with van der Waals surface area (Å²) in [5.41, 5.74) is 1.95. The van der Waals surface area contributed by atoms with Crippen LogP contribution in [0.3, 0.4) is 0 Å². The summed E-state index contributed by atoms with van der Waals surface area (Å²) in [6.07, 6.45) is 2.98. The molecule has 17 heavy (non-hydrogen) atoms. The maximum absolute atomic E-state index is 13.6. The van der Waals surface area contributed by atoms with E-state index in [0.29, 0.717) is 11.1 Å². The second-order valence-corrected chi connectivity index (χ2v) is 3.80. The van der Waals surface area contributed by atoms with Gasteiger partial charge in [-0.2, -0.15) is 5.10 Å². The molecule has 88 valence electrons. The number of aromatic nitrogens is 2. The highest BCUT2D eigenvalue weighted by Crippen LogP contribution is 2.23. The van der Waals surface area contributed by atoms with Crippen LogP contribution in [0.5, 0.6) is 0 Å². The largest absolute Gasteiger partial charge is 0.480 e. The van der Waals surface area contributed by atoms with Crippen molar-refractivity contribution in [3.05, 3.63) is 42.0 Å². The molecule has 2 rings (SSSR count). The van der Waals surface area contributed by atoms with Crippen molar-refractivity contribution in [2.24, 2.45) is 0 Å². The molecule has 4 nitrogen and oxygen atoms in total. The summed E-state index contributed by atoms with van der Waals surface area (Å²) >= 11 is 0. The van der Waals surface area contributed by atoms with Crippen LogP contribution >= 0.6 is 0 Å². The lowest BCUT2D eigenvalue weighted by Crippen LogP contribution is -2.08. The monoisotopic (exact) mass is 234 g/mol. The lowest BCUT2D eigenvalue weighted by atomic mass is 10.1. The summed E-state index contributed by atoms with van der Waals surface area (Å²) < 4.78 is 14.8. The normalized spacial score (nSPS) is 10.5. The molecule has 0 fully saturated rings. The first-order valence-corrected chi connectivity index (χ1v) is 5.07. The highest BCUT2D eigenvalue weighted by atomic mass is 19.1. The Kier molecular flexibility index (Phi) is 2.91. The molecule has 2 aromatic rings. The van der Waals surface area contributed by atoms with Gasteiger partial charge in [0, 0.05) is 17.3 Å². The number of aliphatic carboxylic acids is 1. The number of hydrogen-bond acceptors (Lipinski definition) is 2. The molecule has 0 saturated carbocycles. The van der Waals surface area contributed by atoms with E-state index < -0.39 is 5.97 Å². The SMILES string of the molecule is Cc1ccc(F)c(-c2cnn(CC(=O)O)c2)c1. The molecule has 1 heterocycles. The van der Waals surface area contributed by atoms with Crippen LogP contribution in [-0.4, -0.2) is 20.9 Å². The third kappa shape index (κ3) is 2.50. The van der Waals surface area contributed by atoms with E-state index in [1.807, 2.05) is 6.92 Å². The van der Waals surface area contributed by atoms with Gasteiger partial charge < -0.3 is 5.11 Å². The number of rotatable bonds is 3. The standard InChI is InChI=1S/C12H11FN2O2/c1-8-2-3-11(13)10(4-8)9-5-14-15(6-9)7-12(16)17/h2-6H,7H2,1H3,(H,16,17). The average Bonchev–Trinajstić information content (AvgIpc) is 2.69. The zero-order chi connectivity index (χ0) is 12.4. The summed E-state index contributed by atoms with van der Waals surface area (Å²) in [4.78, 5) is 10.5.